The van der Waals surface area contributed by atoms with Gasteiger partial charge in [-0.15, -0.1) is 0 Å². The Morgan fingerprint density at radius 1 is 1.10 bits per heavy atom. The number of anilines is 2. The van der Waals surface area contributed by atoms with E-state index in [9.17, 15) is 4.79 Å². The van der Waals surface area contributed by atoms with Gasteiger partial charge in [-0.1, -0.05) is 6.07 Å². The number of ether oxygens (including phenoxy) is 1. The van der Waals surface area contributed by atoms with Gasteiger partial charge in [-0.05, 0) is 47.9 Å². The van der Waals surface area contributed by atoms with Crippen LogP contribution in [0.3, 0.4) is 0 Å². The summed E-state index contributed by atoms with van der Waals surface area (Å²) < 4.78 is 5.47. The summed E-state index contributed by atoms with van der Waals surface area (Å²) in [6.07, 6.45) is 1.93. The van der Waals surface area contributed by atoms with Crippen molar-refractivity contribution in [3.05, 3.63) is 53.1 Å². The molecular formula is C17H16N2O2. The molecular weight excluding hydrogens is 264 g/mol. The van der Waals surface area contributed by atoms with Crippen LogP contribution >= 0.6 is 0 Å². The van der Waals surface area contributed by atoms with Gasteiger partial charge in [0.15, 0.2) is 0 Å². The minimum atomic E-state index is -0.0784. The summed E-state index contributed by atoms with van der Waals surface area (Å²) in [6.45, 7) is 1.68. The molecule has 2 aromatic rings. The van der Waals surface area contributed by atoms with E-state index in [-0.39, 0.29) is 5.91 Å². The van der Waals surface area contributed by atoms with E-state index in [0.29, 0.717) is 5.56 Å². The molecule has 1 amide bonds. The van der Waals surface area contributed by atoms with Gasteiger partial charge in [0.05, 0.1) is 6.61 Å². The van der Waals surface area contributed by atoms with Crippen molar-refractivity contribution in [3.8, 4) is 5.75 Å². The maximum Gasteiger partial charge on any atom is 0.255 e. The molecule has 4 nitrogen and oxygen atoms in total. The highest BCUT2D eigenvalue weighted by Crippen LogP contribution is 2.28. The number of nitrogens with one attached hydrogen (secondary N) is 2. The summed E-state index contributed by atoms with van der Waals surface area (Å²) >= 11 is 0. The third-order valence-electron chi connectivity index (χ3n) is 4.03. The Bertz CT molecular complexity index is 725. The molecule has 4 rings (SSSR count). The number of fused-ring (bicyclic) bond motifs is 2. The van der Waals surface area contributed by atoms with Crippen LogP contribution in [0.2, 0.25) is 0 Å². The SMILES string of the molecule is O=C(Nc1ccc2c(c1)CCO2)c1ccc2c(c1)NCC2. The topological polar surface area (TPSA) is 50.4 Å². The zero-order valence-corrected chi connectivity index (χ0v) is 11.6. The van der Waals surface area contributed by atoms with E-state index in [0.717, 1.165) is 48.7 Å². The molecule has 2 heterocycles. The molecule has 4 heteroatoms. The first kappa shape index (κ1) is 12.3. The molecule has 0 atom stereocenters. The molecule has 0 saturated heterocycles. The molecule has 0 spiro atoms. The minimum absolute atomic E-state index is 0.0784. The van der Waals surface area contributed by atoms with Gasteiger partial charge in [0.1, 0.15) is 5.75 Å². The second-order valence-corrected chi connectivity index (χ2v) is 5.42. The molecule has 0 fully saturated rings. The van der Waals surface area contributed by atoms with E-state index in [2.05, 4.69) is 10.6 Å². The number of hydrogen-bond donors (Lipinski definition) is 2. The highest BCUT2D eigenvalue weighted by Gasteiger charge is 2.15. The van der Waals surface area contributed by atoms with Gasteiger partial charge in [0, 0.05) is 29.9 Å². The first-order valence-electron chi connectivity index (χ1n) is 7.23. The second-order valence-electron chi connectivity index (χ2n) is 5.42. The van der Waals surface area contributed by atoms with Crippen LogP contribution in [0.1, 0.15) is 21.5 Å². The minimum Gasteiger partial charge on any atom is -0.493 e. The lowest BCUT2D eigenvalue weighted by atomic mass is 10.1. The summed E-state index contributed by atoms with van der Waals surface area (Å²) in [6, 6.07) is 11.6. The molecule has 21 heavy (non-hydrogen) atoms. The van der Waals surface area contributed by atoms with Crippen molar-refractivity contribution in [1.29, 1.82) is 0 Å². The van der Waals surface area contributed by atoms with Crippen molar-refractivity contribution in [2.24, 2.45) is 0 Å². The lowest BCUT2D eigenvalue weighted by molar-refractivity contribution is 0.102. The molecule has 0 unspecified atom stereocenters. The van der Waals surface area contributed by atoms with Gasteiger partial charge >= 0.3 is 0 Å². The van der Waals surface area contributed by atoms with E-state index in [1.165, 1.54) is 5.56 Å². The quantitative estimate of drug-likeness (QED) is 0.889. The molecule has 2 aliphatic rings. The van der Waals surface area contributed by atoms with Crippen LogP contribution < -0.4 is 15.4 Å². The zero-order valence-electron chi connectivity index (χ0n) is 11.6. The van der Waals surface area contributed by atoms with Crippen LogP contribution in [-0.2, 0) is 12.8 Å². The average Bonchev–Trinajstić information content (AvgIpc) is 3.14. The lowest BCUT2D eigenvalue weighted by Crippen LogP contribution is -2.12. The van der Waals surface area contributed by atoms with Gasteiger partial charge in [-0.3, -0.25) is 4.79 Å². The highest BCUT2D eigenvalue weighted by atomic mass is 16.5. The van der Waals surface area contributed by atoms with Crippen molar-refractivity contribution in [1.82, 2.24) is 0 Å². The number of amides is 1. The maximum absolute atomic E-state index is 12.3. The zero-order chi connectivity index (χ0) is 14.2. The molecule has 106 valence electrons. The largest absolute Gasteiger partial charge is 0.493 e. The second kappa shape index (κ2) is 4.81. The molecule has 2 aromatic carbocycles. The van der Waals surface area contributed by atoms with Gasteiger partial charge in [0.2, 0.25) is 0 Å². The van der Waals surface area contributed by atoms with Crippen LogP contribution in [0.25, 0.3) is 0 Å². The average molecular weight is 280 g/mol. The Morgan fingerprint density at radius 2 is 2.05 bits per heavy atom. The molecule has 2 aliphatic heterocycles. The fraction of sp³-hybridized carbons (Fsp3) is 0.235. The summed E-state index contributed by atoms with van der Waals surface area (Å²) in [5, 5.41) is 6.25. The van der Waals surface area contributed by atoms with E-state index in [1.807, 2.05) is 36.4 Å². The molecule has 0 saturated carbocycles. The van der Waals surface area contributed by atoms with Gasteiger partial charge in [-0.25, -0.2) is 0 Å². The monoisotopic (exact) mass is 280 g/mol. The molecule has 0 radical (unpaired) electrons. The summed E-state index contributed by atoms with van der Waals surface area (Å²) in [7, 11) is 0. The number of hydrogen-bond acceptors (Lipinski definition) is 3. The van der Waals surface area contributed by atoms with E-state index in [4.69, 9.17) is 4.74 Å². The Hall–Kier alpha value is -2.49. The van der Waals surface area contributed by atoms with Gasteiger partial charge in [0.25, 0.3) is 5.91 Å². The van der Waals surface area contributed by atoms with E-state index in [1.54, 1.807) is 0 Å². The third kappa shape index (κ3) is 2.23. The smallest absolute Gasteiger partial charge is 0.255 e. The summed E-state index contributed by atoms with van der Waals surface area (Å²) in [5.74, 6) is 0.847. The van der Waals surface area contributed by atoms with Gasteiger partial charge < -0.3 is 15.4 Å². The Morgan fingerprint density at radius 3 is 3.00 bits per heavy atom. The van der Waals surface area contributed by atoms with Crippen LogP contribution in [0.5, 0.6) is 5.75 Å². The van der Waals surface area contributed by atoms with Crippen molar-refractivity contribution in [3.63, 3.8) is 0 Å². The molecule has 2 N–H and O–H groups in total. The molecule has 0 bridgehead atoms. The molecule has 0 aromatic heterocycles. The third-order valence-corrected chi connectivity index (χ3v) is 4.03. The van der Waals surface area contributed by atoms with Gasteiger partial charge in [-0.2, -0.15) is 0 Å². The highest BCUT2D eigenvalue weighted by molar-refractivity contribution is 6.05. The summed E-state index contributed by atoms with van der Waals surface area (Å²) in [4.78, 5) is 12.3. The Kier molecular flexibility index (Phi) is 2.81. The van der Waals surface area contributed by atoms with Crippen LogP contribution in [0.15, 0.2) is 36.4 Å². The van der Waals surface area contributed by atoms with Crippen molar-refractivity contribution < 1.29 is 9.53 Å². The van der Waals surface area contributed by atoms with Crippen molar-refractivity contribution in [2.75, 3.05) is 23.8 Å². The normalized spacial score (nSPS) is 14.9. The standard InChI is InChI=1S/C17H16N2O2/c20-17(13-2-1-11-5-7-18-15(11)10-13)19-14-3-4-16-12(9-14)6-8-21-16/h1-4,9-10,18H,5-8H2,(H,19,20). The first-order valence-corrected chi connectivity index (χ1v) is 7.23. The van der Waals surface area contributed by atoms with Crippen molar-refractivity contribution in [2.45, 2.75) is 12.8 Å². The summed E-state index contributed by atoms with van der Waals surface area (Å²) in [5.41, 5.74) is 5.01. The number of carbonyl (C=O) groups excluding carboxylic acids is 1. The van der Waals surface area contributed by atoms with Crippen molar-refractivity contribution >= 4 is 17.3 Å². The van der Waals surface area contributed by atoms with Crippen LogP contribution in [-0.4, -0.2) is 19.1 Å². The predicted molar refractivity (Wildman–Crippen MR) is 82.2 cm³/mol. The maximum atomic E-state index is 12.3. The number of carbonyl (C=O) groups is 1. The first-order chi connectivity index (χ1) is 10.3. The van der Waals surface area contributed by atoms with Crippen LogP contribution in [0.4, 0.5) is 11.4 Å². The predicted octanol–water partition coefficient (Wildman–Crippen LogP) is 2.84. The Labute approximate surface area is 123 Å². The number of benzene rings is 2. The molecule has 0 aliphatic carbocycles. The lowest BCUT2D eigenvalue weighted by Gasteiger charge is -2.08. The fourth-order valence-corrected chi connectivity index (χ4v) is 2.90. The van der Waals surface area contributed by atoms with Crippen LogP contribution in [0, 0.1) is 0 Å². The van der Waals surface area contributed by atoms with E-state index >= 15 is 0 Å². The number of rotatable bonds is 2. The van der Waals surface area contributed by atoms with E-state index < -0.39 is 0 Å². The fourth-order valence-electron chi connectivity index (χ4n) is 2.90. The Balaban J connectivity index is 1.55.